The largest absolute Gasteiger partial charge is 0.508 e. The summed E-state index contributed by atoms with van der Waals surface area (Å²) in [5, 5.41) is 17.7. The van der Waals surface area contributed by atoms with Gasteiger partial charge in [0.05, 0.1) is 10.4 Å². The van der Waals surface area contributed by atoms with Crippen molar-refractivity contribution in [1.82, 2.24) is 0 Å². The van der Waals surface area contributed by atoms with Crippen molar-refractivity contribution < 1.29 is 14.7 Å². The zero-order valence-corrected chi connectivity index (χ0v) is 17.0. The van der Waals surface area contributed by atoms with Crippen LogP contribution in [0.4, 0.5) is 10.7 Å². The van der Waals surface area contributed by atoms with Gasteiger partial charge in [0.25, 0.3) is 11.8 Å². The summed E-state index contributed by atoms with van der Waals surface area (Å²) in [4.78, 5) is 27.4. The lowest BCUT2D eigenvalue weighted by Gasteiger charge is -2.18. The highest BCUT2D eigenvalue weighted by Gasteiger charge is 2.28. The maximum atomic E-state index is 13.1. The van der Waals surface area contributed by atoms with Crippen LogP contribution < -0.4 is 10.6 Å². The molecular formula is C21H20N2O3S2. The average molecular weight is 413 g/mol. The standard InChI is InChI=1S/C21H20N2O3S2/c1-12-4-9-15-17(11-12)28-21(23-19(25)16-3-2-10-27-16)18(15)20(26)22-13-5-7-14(24)8-6-13/h2-3,5-8,10,12,24H,4,9,11H2,1H3,(H,22,26)(H,23,25). The Morgan fingerprint density at radius 1 is 1.11 bits per heavy atom. The van der Waals surface area contributed by atoms with E-state index < -0.39 is 0 Å². The number of hydrogen-bond acceptors (Lipinski definition) is 5. The molecule has 1 aliphatic rings. The summed E-state index contributed by atoms with van der Waals surface area (Å²) >= 11 is 2.88. The Bertz CT molecular complexity index is 1010. The minimum Gasteiger partial charge on any atom is -0.508 e. The minimum absolute atomic E-state index is 0.142. The molecule has 2 aromatic heterocycles. The molecule has 0 saturated carbocycles. The van der Waals surface area contributed by atoms with Crippen LogP contribution in [0.2, 0.25) is 0 Å². The monoisotopic (exact) mass is 412 g/mol. The van der Waals surface area contributed by atoms with Gasteiger partial charge in [0, 0.05) is 10.6 Å². The SMILES string of the molecule is CC1CCc2c(sc(NC(=O)c3cccs3)c2C(=O)Nc2ccc(O)cc2)C1. The molecule has 0 bridgehead atoms. The molecule has 1 aromatic carbocycles. The van der Waals surface area contributed by atoms with Crippen molar-refractivity contribution in [2.24, 2.45) is 5.92 Å². The quantitative estimate of drug-likeness (QED) is 0.519. The second-order valence-corrected chi connectivity index (χ2v) is 9.04. The average Bonchev–Trinajstić information content (AvgIpc) is 3.31. The number of rotatable bonds is 4. The van der Waals surface area contributed by atoms with Crippen molar-refractivity contribution in [1.29, 1.82) is 0 Å². The van der Waals surface area contributed by atoms with Crippen LogP contribution in [0.3, 0.4) is 0 Å². The Morgan fingerprint density at radius 2 is 1.89 bits per heavy atom. The molecule has 1 aliphatic carbocycles. The second kappa shape index (κ2) is 7.77. The second-order valence-electron chi connectivity index (χ2n) is 6.99. The summed E-state index contributed by atoms with van der Waals surface area (Å²) in [7, 11) is 0. The number of carbonyl (C=O) groups excluding carboxylic acids is 2. The van der Waals surface area contributed by atoms with E-state index in [1.54, 1.807) is 18.2 Å². The van der Waals surface area contributed by atoms with Crippen molar-refractivity contribution >= 4 is 45.2 Å². The maximum Gasteiger partial charge on any atom is 0.266 e. The summed E-state index contributed by atoms with van der Waals surface area (Å²) in [5.41, 5.74) is 2.20. The van der Waals surface area contributed by atoms with E-state index in [0.717, 1.165) is 24.8 Å². The first kappa shape index (κ1) is 18.7. The number of thiophene rings is 2. The number of benzene rings is 1. The number of aromatic hydroxyl groups is 1. The van der Waals surface area contributed by atoms with Crippen molar-refractivity contribution in [2.75, 3.05) is 10.6 Å². The van der Waals surface area contributed by atoms with E-state index in [2.05, 4.69) is 17.6 Å². The van der Waals surface area contributed by atoms with E-state index in [1.807, 2.05) is 11.4 Å². The molecule has 2 amide bonds. The first-order valence-electron chi connectivity index (χ1n) is 9.11. The molecule has 7 heteroatoms. The minimum atomic E-state index is -0.237. The fourth-order valence-electron chi connectivity index (χ4n) is 3.39. The summed E-state index contributed by atoms with van der Waals surface area (Å²) in [6.45, 7) is 2.21. The molecule has 0 saturated heterocycles. The van der Waals surface area contributed by atoms with E-state index in [0.29, 0.717) is 27.0 Å². The third-order valence-corrected chi connectivity index (χ3v) is 6.87. The smallest absolute Gasteiger partial charge is 0.266 e. The van der Waals surface area contributed by atoms with Gasteiger partial charge in [-0.05, 0) is 66.5 Å². The third-order valence-electron chi connectivity index (χ3n) is 4.84. The van der Waals surface area contributed by atoms with Crippen LogP contribution in [0.1, 0.15) is 43.8 Å². The summed E-state index contributed by atoms with van der Waals surface area (Å²) in [6.07, 6.45) is 2.79. The fraction of sp³-hybridized carbons (Fsp3) is 0.238. The van der Waals surface area contributed by atoms with Gasteiger partial charge in [-0.3, -0.25) is 9.59 Å². The lowest BCUT2D eigenvalue weighted by atomic mass is 9.88. The number of amides is 2. The van der Waals surface area contributed by atoms with Gasteiger partial charge in [0.2, 0.25) is 0 Å². The van der Waals surface area contributed by atoms with Crippen LogP contribution in [-0.2, 0) is 12.8 Å². The molecule has 144 valence electrons. The number of phenolic OH excluding ortho intramolecular Hbond substituents is 1. The number of hydrogen-bond donors (Lipinski definition) is 3. The molecule has 0 spiro atoms. The number of nitrogens with one attached hydrogen (secondary N) is 2. The molecular weight excluding hydrogens is 392 g/mol. The van der Waals surface area contributed by atoms with Gasteiger partial charge in [0.15, 0.2) is 0 Å². The number of fused-ring (bicyclic) bond motifs is 1. The third kappa shape index (κ3) is 3.81. The molecule has 5 nitrogen and oxygen atoms in total. The van der Waals surface area contributed by atoms with Crippen LogP contribution in [-0.4, -0.2) is 16.9 Å². The van der Waals surface area contributed by atoms with E-state index in [1.165, 1.54) is 39.7 Å². The Hall–Kier alpha value is -2.64. The van der Waals surface area contributed by atoms with Crippen molar-refractivity contribution in [2.45, 2.75) is 26.2 Å². The van der Waals surface area contributed by atoms with E-state index in [4.69, 9.17) is 0 Å². The van der Waals surface area contributed by atoms with Crippen LogP contribution in [0.15, 0.2) is 41.8 Å². The Morgan fingerprint density at radius 3 is 2.61 bits per heavy atom. The van der Waals surface area contributed by atoms with Crippen molar-refractivity contribution in [3.8, 4) is 5.75 Å². The fourth-order valence-corrected chi connectivity index (χ4v) is 5.41. The lowest BCUT2D eigenvalue weighted by Crippen LogP contribution is -2.19. The van der Waals surface area contributed by atoms with Gasteiger partial charge >= 0.3 is 0 Å². The van der Waals surface area contributed by atoms with Gasteiger partial charge < -0.3 is 15.7 Å². The molecule has 0 fully saturated rings. The zero-order chi connectivity index (χ0) is 19.7. The highest BCUT2D eigenvalue weighted by molar-refractivity contribution is 7.17. The van der Waals surface area contributed by atoms with Crippen LogP contribution in [0.5, 0.6) is 5.75 Å². The van der Waals surface area contributed by atoms with Crippen LogP contribution >= 0.6 is 22.7 Å². The molecule has 1 unspecified atom stereocenters. The van der Waals surface area contributed by atoms with E-state index in [9.17, 15) is 14.7 Å². The maximum absolute atomic E-state index is 13.1. The number of anilines is 2. The van der Waals surface area contributed by atoms with E-state index >= 15 is 0 Å². The van der Waals surface area contributed by atoms with E-state index in [-0.39, 0.29) is 17.6 Å². The molecule has 4 rings (SSSR count). The molecule has 2 heterocycles. The summed E-state index contributed by atoms with van der Waals surface area (Å²) in [6, 6.07) is 9.96. The number of phenols is 1. The molecule has 28 heavy (non-hydrogen) atoms. The highest BCUT2D eigenvalue weighted by atomic mass is 32.1. The van der Waals surface area contributed by atoms with Gasteiger partial charge in [-0.15, -0.1) is 22.7 Å². The van der Waals surface area contributed by atoms with Gasteiger partial charge in [0.1, 0.15) is 10.8 Å². The first-order chi connectivity index (χ1) is 13.5. The zero-order valence-electron chi connectivity index (χ0n) is 15.3. The predicted molar refractivity (Wildman–Crippen MR) is 114 cm³/mol. The molecule has 0 aliphatic heterocycles. The Labute approximate surface area is 171 Å². The van der Waals surface area contributed by atoms with Gasteiger partial charge in [-0.2, -0.15) is 0 Å². The van der Waals surface area contributed by atoms with Crippen molar-refractivity contribution in [3.63, 3.8) is 0 Å². The van der Waals surface area contributed by atoms with Crippen LogP contribution in [0, 0.1) is 5.92 Å². The van der Waals surface area contributed by atoms with Crippen LogP contribution in [0.25, 0.3) is 0 Å². The van der Waals surface area contributed by atoms with Gasteiger partial charge in [-0.25, -0.2) is 0 Å². The topological polar surface area (TPSA) is 78.4 Å². The molecule has 1 atom stereocenters. The first-order valence-corrected chi connectivity index (χ1v) is 10.8. The van der Waals surface area contributed by atoms with Crippen molar-refractivity contribution in [3.05, 3.63) is 62.7 Å². The Kier molecular flexibility index (Phi) is 5.19. The number of carbonyl (C=O) groups is 2. The van der Waals surface area contributed by atoms with Gasteiger partial charge in [-0.1, -0.05) is 13.0 Å². The normalized spacial score (nSPS) is 15.7. The lowest BCUT2D eigenvalue weighted by molar-refractivity contribution is 0.102. The molecule has 3 aromatic rings. The molecule has 0 radical (unpaired) electrons. The highest BCUT2D eigenvalue weighted by Crippen LogP contribution is 2.40. The molecule has 3 N–H and O–H groups in total. The summed E-state index contributed by atoms with van der Waals surface area (Å²) in [5.74, 6) is 0.281. The summed E-state index contributed by atoms with van der Waals surface area (Å²) < 4.78 is 0. The Balaban J connectivity index is 1.66. The predicted octanol–water partition coefficient (Wildman–Crippen LogP) is 5.14.